The number of ether oxygens (including phenoxy) is 1. The van der Waals surface area contributed by atoms with Gasteiger partial charge in [0.1, 0.15) is 18.2 Å². The summed E-state index contributed by atoms with van der Waals surface area (Å²) in [6.45, 7) is 0.0362. The van der Waals surface area contributed by atoms with Gasteiger partial charge in [-0.05, 0) is 48.0 Å². The minimum absolute atomic E-state index is 0.0362. The standard InChI is InChI=1S/C23H14ClFN2O2S/c24-17-4-3-5-18(25)16(17)13-29-15-10-8-14(9-11-15)12-21-22(28)27-20-7-2-1-6-19(20)26-23(27)30-21/h1-12H,13H2/b21-12+. The predicted octanol–water partition coefficient (Wildman–Crippen LogP) is 4.83. The molecule has 0 amide bonds. The Kier molecular flexibility index (Phi) is 4.73. The van der Waals surface area contributed by atoms with Crippen molar-refractivity contribution in [1.29, 1.82) is 0 Å². The van der Waals surface area contributed by atoms with Gasteiger partial charge in [0.2, 0.25) is 0 Å². The molecule has 0 fully saturated rings. The highest BCUT2D eigenvalue weighted by Crippen LogP contribution is 2.22. The highest BCUT2D eigenvalue weighted by atomic mass is 35.5. The number of imidazole rings is 1. The van der Waals surface area contributed by atoms with Gasteiger partial charge in [0.15, 0.2) is 4.96 Å². The van der Waals surface area contributed by atoms with Gasteiger partial charge in [-0.15, -0.1) is 0 Å². The lowest BCUT2D eigenvalue weighted by atomic mass is 10.2. The second-order valence-electron chi connectivity index (χ2n) is 6.69. The first-order chi connectivity index (χ1) is 14.6. The summed E-state index contributed by atoms with van der Waals surface area (Å²) in [6, 6.07) is 19.4. The van der Waals surface area contributed by atoms with Crippen molar-refractivity contribution in [2.75, 3.05) is 0 Å². The van der Waals surface area contributed by atoms with E-state index in [1.54, 1.807) is 28.7 Å². The Hall–Kier alpha value is -3.22. The van der Waals surface area contributed by atoms with Crippen LogP contribution < -0.4 is 14.8 Å². The van der Waals surface area contributed by atoms with Gasteiger partial charge in [-0.25, -0.2) is 13.8 Å². The Labute approximate surface area is 179 Å². The van der Waals surface area contributed by atoms with Crippen LogP contribution in [0.2, 0.25) is 5.02 Å². The number of thiazole rings is 1. The molecular formula is C23H14ClFN2O2S. The normalized spacial score (nSPS) is 12.1. The Bertz CT molecular complexity index is 1470. The number of hydrogen-bond acceptors (Lipinski definition) is 4. The summed E-state index contributed by atoms with van der Waals surface area (Å²) in [4.78, 5) is 18.0. The van der Waals surface area contributed by atoms with E-state index in [1.165, 1.54) is 17.4 Å². The van der Waals surface area contributed by atoms with E-state index >= 15 is 0 Å². The first kappa shape index (κ1) is 18.8. The Morgan fingerprint density at radius 3 is 2.67 bits per heavy atom. The van der Waals surface area contributed by atoms with E-state index in [2.05, 4.69) is 4.98 Å². The van der Waals surface area contributed by atoms with Gasteiger partial charge >= 0.3 is 0 Å². The molecule has 0 unspecified atom stereocenters. The average molecular weight is 437 g/mol. The molecule has 0 aliphatic carbocycles. The zero-order chi connectivity index (χ0) is 20.7. The van der Waals surface area contributed by atoms with Crippen LogP contribution in [0.3, 0.4) is 0 Å². The van der Waals surface area contributed by atoms with E-state index in [0.717, 1.165) is 16.6 Å². The van der Waals surface area contributed by atoms with Gasteiger partial charge < -0.3 is 4.74 Å². The van der Waals surface area contributed by atoms with Crippen LogP contribution >= 0.6 is 22.9 Å². The van der Waals surface area contributed by atoms with E-state index in [9.17, 15) is 9.18 Å². The Balaban J connectivity index is 1.41. The summed E-state index contributed by atoms with van der Waals surface area (Å²) < 4.78 is 21.8. The summed E-state index contributed by atoms with van der Waals surface area (Å²) in [5.74, 6) is 0.187. The van der Waals surface area contributed by atoms with Crippen LogP contribution in [0.1, 0.15) is 11.1 Å². The van der Waals surface area contributed by atoms with Crippen LogP contribution in [0.4, 0.5) is 4.39 Å². The zero-order valence-electron chi connectivity index (χ0n) is 15.5. The number of fused-ring (bicyclic) bond motifs is 3. The Morgan fingerprint density at radius 1 is 1.07 bits per heavy atom. The maximum Gasteiger partial charge on any atom is 0.274 e. The number of nitrogens with zero attached hydrogens (tertiary/aromatic N) is 2. The molecule has 4 nitrogen and oxygen atoms in total. The number of para-hydroxylation sites is 2. The van der Waals surface area contributed by atoms with Crippen LogP contribution in [-0.4, -0.2) is 9.38 Å². The van der Waals surface area contributed by atoms with Crippen LogP contribution in [0.5, 0.6) is 5.75 Å². The molecule has 0 radical (unpaired) electrons. The predicted molar refractivity (Wildman–Crippen MR) is 118 cm³/mol. The van der Waals surface area contributed by atoms with Crippen LogP contribution in [0.15, 0.2) is 71.5 Å². The molecule has 0 saturated carbocycles. The molecule has 0 N–H and O–H groups in total. The third-order valence-electron chi connectivity index (χ3n) is 4.77. The van der Waals surface area contributed by atoms with Crippen molar-refractivity contribution in [2.45, 2.75) is 6.61 Å². The van der Waals surface area contributed by atoms with Gasteiger partial charge in [-0.2, -0.15) is 0 Å². The molecule has 30 heavy (non-hydrogen) atoms. The molecule has 5 aromatic rings. The van der Waals surface area contributed by atoms with Crippen molar-refractivity contribution < 1.29 is 9.13 Å². The molecule has 2 aromatic heterocycles. The molecule has 0 saturated heterocycles. The average Bonchev–Trinajstić information content (AvgIpc) is 3.25. The van der Waals surface area contributed by atoms with Gasteiger partial charge in [-0.3, -0.25) is 4.79 Å². The highest BCUT2D eigenvalue weighted by molar-refractivity contribution is 7.15. The maximum absolute atomic E-state index is 13.9. The van der Waals surface area contributed by atoms with Gasteiger partial charge in [0.05, 0.1) is 20.6 Å². The minimum atomic E-state index is -0.398. The minimum Gasteiger partial charge on any atom is -0.489 e. The van der Waals surface area contributed by atoms with Crippen LogP contribution in [0.25, 0.3) is 22.1 Å². The van der Waals surface area contributed by atoms with Crippen molar-refractivity contribution >= 4 is 45.0 Å². The summed E-state index contributed by atoms with van der Waals surface area (Å²) in [5.41, 5.74) is 2.71. The highest BCUT2D eigenvalue weighted by Gasteiger charge is 2.11. The van der Waals surface area contributed by atoms with Crippen molar-refractivity contribution in [1.82, 2.24) is 9.38 Å². The summed E-state index contributed by atoms with van der Waals surface area (Å²) in [6.07, 6.45) is 1.83. The molecule has 148 valence electrons. The fourth-order valence-corrected chi connectivity index (χ4v) is 4.45. The topological polar surface area (TPSA) is 43.6 Å². The summed E-state index contributed by atoms with van der Waals surface area (Å²) in [7, 11) is 0. The van der Waals surface area contributed by atoms with E-state index in [-0.39, 0.29) is 12.2 Å². The van der Waals surface area contributed by atoms with E-state index < -0.39 is 5.82 Å². The largest absolute Gasteiger partial charge is 0.489 e. The van der Waals surface area contributed by atoms with Crippen molar-refractivity contribution in [3.63, 3.8) is 0 Å². The SMILES string of the molecule is O=c1/c(=C\c2ccc(OCc3c(F)cccc3Cl)cc2)sc2nc3ccccc3n12. The second kappa shape index (κ2) is 7.55. The smallest absolute Gasteiger partial charge is 0.274 e. The van der Waals surface area contributed by atoms with Gasteiger partial charge in [0, 0.05) is 5.56 Å². The fourth-order valence-electron chi connectivity index (χ4n) is 3.25. The summed E-state index contributed by atoms with van der Waals surface area (Å²) in [5, 5.41) is 0.332. The molecule has 0 aliphatic rings. The number of benzene rings is 3. The quantitative estimate of drug-likeness (QED) is 0.405. The lowest BCUT2D eigenvalue weighted by molar-refractivity contribution is 0.300. The molecule has 3 aromatic carbocycles. The maximum atomic E-state index is 13.9. The molecule has 5 rings (SSSR count). The van der Waals surface area contributed by atoms with Crippen LogP contribution in [-0.2, 0) is 6.61 Å². The number of rotatable bonds is 4. The van der Waals surface area contributed by atoms with Crippen molar-refractivity contribution in [3.8, 4) is 5.75 Å². The lowest BCUT2D eigenvalue weighted by Gasteiger charge is -2.08. The number of hydrogen-bond donors (Lipinski definition) is 0. The fraction of sp³-hybridized carbons (Fsp3) is 0.0435. The third kappa shape index (κ3) is 3.34. The molecule has 2 heterocycles. The van der Waals surface area contributed by atoms with Gasteiger partial charge in [0.25, 0.3) is 5.56 Å². The molecule has 0 aliphatic heterocycles. The van der Waals surface area contributed by atoms with Crippen molar-refractivity contribution in [3.05, 3.63) is 104 Å². The third-order valence-corrected chi connectivity index (χ3v) is 6.09. The second-order valence-corrected chi connectivity index (χ2v) is 8.11. The molecule has 0 atom stereocenters. The molecule has 7 heteroatoms. The first-order valence-corrected chi connectivity index (χ1v) is 10.4. The molecule has 0 bridgehead atoms. The Morgan fingerprint density at radius 2 is 1.87 bits per heavy atom. The first-order valence-electron chi connectivity index (χ1n) is 9.17. The molecule has 0 spiro atoms. The lowest BCUT2D eigenvalue weighted by Crippen LogP contribution is -2.22. The number of halogens is 2. The summed E-state index contributed by atoms with van der Waals surface area (Å²) >= 11 is 7.38. The zero-order valence-corrected chi connectivity index (χ0v) is 17.1. The molecular weight excluding hydrogens is 423 g/mol. The van der Waals surface area contributed by atoms with E-state index in [4.69, 9.17) is 16.3 Å². The number of aromatic nitrogens is 2. The van der Waals surface area contributed by atoms with Gasteiger partial charge in [-0.1, -0.05) is 53.3 Å². The van der Waals surface area contributed by atoms with E-state index in [1.807, 2.05) is 42.5 Å². The van der Waals surface area contributed by atoms with Crippen molar-refractivity contribution in [2.24, 2.45) is 0 Å². The van der Waals surface area contributed by atoms with Crippen LogP contribution in [0, 0.1) is 5.82 Å². The monoisotopic (exact) mass is 436 g/mol. The van der Waals surface area contributed by atoms with E-state index in [0.29, 0.717) is 25.8 Å².